The maximum absolute atomic E-state index is 12.8. The van der Waals surface area contributed by atoms with Crippen molar-refractivity contribution in [2.45, 2.75) is 6.42 Å². The van der Waals surface area contributed by atoms with Crippen LogP contribution in [0.4, 0.5) is 5.82 Å². The van der Waals surface area contributed by atoms with Crippen LogP contribution in [-0.2, 0) is 11.2 Å². The highest BCUT2D eigenvalue weighted by Crippen LogP contribution is 2.38. The summed E-state index contributed by atoms with van der Waals surface area (Å²) in [5.74, 6) is 2.20. The van der Waals surface area contributed by atoms with Crippen molar-refractivity contribution in [3.05, 3.63) is 40.5 Å². The van der Waals surface area contributed by atoms with E-state index in [1.165, 1.54) is 0 Å². The Balaban J connectivity index is 1.25. The molecule has 9 heteroatoms. The summed E-state index contributed by atoms with van der Waals surface area (Å²) < 4.78 is 11.2. The number of anilines is 1. The number of thiophene rings is 1. The van der Waals surface area contributed by atoms with Crippen molar-refractivity contribution in [2.75, 3.05) is 44.3 Å². The fourth-order valence-corrected chi connectivity index (χ4v) is 4.76. The van der Waals surface area contributed by atoms with E-state index in [2.05, 4.69) is 20.9 Å². The molecule has 0 atom stereocenters. The van der Waals surface area contributed by atoms with E-state index >= 15 is 0 Å². The summed E-state index contributed by atoms with van der Waals surface area (Å²) in [5.41, 5.74) is 0.836. The third-order valence-electron chi connectivity index (χ3n) is 5.18. The summed E-state index contributed by atoms with van der Waals surface area (Å²) in [6.45, 7) is 3.78. The van der Waals surface area contributed by atoms with Gasteiger partial charge in [-0.2, -0.15) is 0 Å². The summed E-state index contributed by atoms with van der Waals surface area (Å²) in [7, 11) is 0. The zero-order valence-corrected chi connectivity index (χ0v) is 17.2. The van der Waals surface area contributed by atoms with Crippen molar-refractivity contribution in [3.8, 4) is 11.5 Å². The Hall–Kier alpha value is -2.58. The summed E-state index contributed by atoms with van der Waals surface area (Å²) >= 11 is 7.90. The van der Waals surface area contributed by atoms with Gasteiger partial charge in [-0.05, 0) is 29.1 Å². The van der Waals surface area contributed by atoms with E-state index in [1.807, 2.05) is 16.3 Å². The van der Waals surface area contributed by atoms with Gasteiger partial charge in [0.25, 0.3) is 0 Å². The fraction of sp³-hybridized carbons (Fsp3) is 0.350. The Morgan fingerprint density at radius 1 is 1.14 bits per heavy atom. The molecule has 0 saturated carbocycles. The molecule has 4 heterocycles. The molecule has 7 nitrogen and oxygen atoms in total. The molecule has 1 amide bonds. The molecule has 1 aromatic carbocycles. The predicted octanol–water partition coefficient (Wildman–Crippen LogP) is 3.01. The fourth-order valence-electron chi connectivity index (χ4n) is 3.75. The molecule has 5 rings (SSSR count). The second-order valence-electron chi connectivity index (χ2n) is 6.98. The van der Waals surface area contributed by atoms with Crippen molar-refractivity contribution in [3.63, 3.8) is 0 Å². The van der Waals surface area contributed by atoms with Crippen molar-refractivity contribution < 1.29 is 14.3 Å². The number of hydrogen-bond acceptors (Lipinski definition) is 7. The summed E-state index contributed by atoms with van der Waals surface area (Å²) in [6, 6.07) is 5.69. The molecule has 0 unspecified atom stereocenters. The first-order chi connectivity index (χ1) is 14.2. The Morgan fingerprint density at radius 3 is 2.83 bits per heavy atom. The molecule has 0 spiro atoms. The highest BCUT2D eigenvalue weighted by atomic mass is 35.5. The van der Waals surface area contributed by atoms with Gasteiger partial charge in [0.2, 0.25) is 5.91 Å². The normalized spacial score (nSPS) is 16.3. The van der Waals surface area contributed by atoms with E-state index in [9.17, 15) is 4.79 Å². The minimum absolute atomic E-state index is 0.0840. The summed E-state index contributed by atoms with van der Waals surface area (Å²) in [5, 5.41) is 3.59. The summed E-state index contributed by atoms with van der Waals surface area (Å²) in [6.07, 6.45) is 1.90. The Morgan fingerprint density at radius 2 is 1.97 bits per heavy atom. The molecule has 0 bridgehead atoms. The lowest BCUT2D eigenvalue weighted by Gasteiger charge is -2.35. The topological polar surface area (TPSA) is 67.8 Å². The molecule has 0 radical (unpaired) electrons. The van der Waals surface area contributed by atoms with Crippen LogP contribution in [0.2, 0.25) is 5.02 Å². The number of amides is 1. The van der Waals surface area contributed by atoms with E-state index < -0.39 is 0 Å². The van der Waals surface area contributed by atoms with Crippen LogP contribution in [0.15, 0.2) is 29.9 Å². The third-order valence-corrected chi connectivity index (χ3v) is 6.29. The highest BCUT2D eigenvalue weighted by Gasteiger charge is 2.24. The van der Waals surface area contributed by atoms with Gasteiger partial charge >= 0.3 is 0 Å². The number of piperazine rings is 1. The highest BCUT2D eigenvalue weighted by molar-refractivity contribution is 7.16. The average Bonchev–Trinajstić information content (AvgIpc) is 3.23. The van der Waals surface area contributed by atoms with Crippen LogP contribution < -0.4 is 14.4 Å². The zero-order chi connectivity index (χ0) is 19.8. The maximum Gasteiger partial charge on any atom is 0.227 e. The van der Waals surface area contributed by atoms with Gasteiger partial charge in [-0.25, -0.2) is 9.97 Å². The van der Waals surface area contributed by atoms with Crippen molar-refractivity contribution in [1.29, 1.82) is 0 Å². The Kier molecular flexibility index (Phi) is 4.89. The SMILES string of the molecule is O=C(Cc1cc(Cl)c2c(c1)OCCO2)N1CCN(c2ncnc3sccc23)CC1. The van der Waals surface area contributed by atoms with Crippen LogP contribution in [0.25, 0.3) is 10.2 Å². The van der Waals surface area contributed by atoms with Crippen LogP contribution in [-0.4, -0.2) is 60.2 Å². The number of carbonyl (C=O) groups excluding carboxylic acids is 1. The monoisotopic (exact) mass is 430 g/mol. The van der Waals surface area contributed by atoms with Gasteiger partial charge in [-0.1, -0.05) is 11.6 Å². The molecule has 1 fully saturated rings. The average molecular weight is 431 g/mol. The van der Waals surface area contributed by atoms with Crippen molar-refractivity contribution >= 4 is 44.9 Å². The molecule has 0 aliphatic carbocycles. The largest absolute Gasteiger partial charge is 0.486 e. The molecular formula is C20H19ClN4O3S. The molecule has 1 saturated heterocycles. The number of nitrogens with zero attached hydrogens (tertiary/aromatic N) is 4. The summed E-state index contributed by atoms with van der Waals surface area (Å²) in [4.78, 5) is 26.7. The second-order valence-corrected chi connectivity index (χ2v) is 8.28. The van der Waals surface area contributed by atoms with Crippen LogP contribution in [0.5, 0.6) is 11.5 Å². The van der Waals surface area contributed by atoms with Gasteiger partial charge in [0.05, 0.1) is 16.8 Å². The van der Waals surface area contributed by atoms with Crippen LogP contribution in [0.1, 0.15) is 5.56 Å². The third kappa shape index (κ3) is 3.58. The molecule has 2 aliphatic rings. The second kappa shape index (κ2) is 7.68. The molecule has 29 heavy (non-hydrogen) atoms. The first-order valence-corrected chi connectivity index (χ1v) is 10.7. The quantitative estimate of drug-likeness (QED) is 0.636. The standard InChI is InChI=1S/C20H19ClN4O3S/c21-15-9-13(10-16-18(15)28-7-6-27-16)11-17(26)24-2-4-25(5-3-24)19-14-1-8-29-20(14)23-12-22-19/h1,8-10,12H,2-7,11H2. The lowest BCUT2D eigenvalue weighted by Crippen LogP contribution is -2.49. The molecule has 3 aromatic rings. The van der Waals surface area contributed by atoms with Gasteiger partial charge in [-0.15, -0.1) is 11.3 Å². The predicted molar refractivity (Wildman–Crippen MR) is 112 cm³/mol. The van der Waals surface area contributed by atoms with E-state index in [0.717, 1.165) is 34.7 Å². The van der Waals surface area contributed by atoms with E-state index in [0.29, 0.717) is 49.2 Å². The van der Waals surface area contributed by atoms with E-state index in [4.69, 9.17) is 21.1 Å². The number of rotatable bonds is 3. The van der Waals surface area contributed by atoms with Gasteiger partial charge < -0.3 is 19.3 Å². The van der Waals surface area contributed by atoms with Gasteiger partial charge in [0, 0.05) is 26.2 Å². The number of halogens is 1. The first kappa shape index (κ1) is 18.4. The Labute approximate surface area is 176 Å². The van der Waals surface area contributed by atoms with Crippen LogP contribution in [0.3, 0.4) is 0 Å². The van der Waals surface area contributed by atoms with Gasteiger partial charge in [-0.3, -0.25) is 4.79 Å². The number of fused-ring (bicyclic) bond motifs is 2. The number of hydrogen-bond donors (Lipinski definition) is 0. The smallest absolute Gasteiger partial charge is 0.227 e. The Bertz CT molecular complexity index is 1070. The molecule has 150 valence electrons. The minimum Gasteiger partial charge on any atom is -0.486 e. The molecule has 2 aromatic heterocycles. The van der Waals surface area contributed by atoms with Crippen molar-refractivity contribution in [2.24, 2.45) is 0 Å². The van der Waals surface area contributed by atoms with Gasteiger partial charge in [0.1, 0.15) is 30.2 Å². The minimum atomic E-state index is 0.0840. The van der Waals surface area contributed by atoms with E-state index in [1.54, 1.807) is 23.7 Å². The molecule has 2 aliphatic heterocycles. The lowest BCUT2D eigenvalue weighted by molar-refractivity contribution is -0.130. The van der Waals surface area contributed by atoms with Crippen molar-refractivity contribution in [1.82, 2.24) is 14.9 Å². The maximum atomic E-state index is 12.8. The van der Waals surface area contributed by atoms with E-state index in [-0.39, 0.29) is 5.91 Å². The number of aromatic nitrogens is 2. The lowest BCUT2D eigenvalue weighted by atomic mass is 10.1. The zero-order valence-electron chi connectivity index (χ0n) is 15.6. The first-order valence-electron chi connectivity index (χ1n) is 9.48. The number of carbonyl (C=O) groups is 1. The van der Waals surface area contributed by atoms with Crippen LogP contribution in [0, 0.1) is 0 Å². The molecule has 0 N–H and O–H groups in total. The number of ether oxygens (including phenoxy) is 2. The number of benzene rings is 1. The molecular weight excluding hydrogens is 412 g/mol. The van der Waals surface area contributed by atoms with Gasteiger partial charge in [0.15, 0.2) is 11.5 Å². The van der Waals surface area contributed by atoms with Crippen LogP contribution >= 0.6 is 22.9 Å².